The number of anilines is 1. The van der Waals surface area contributed by atoms with Crippen LogP contribution < -0.4 is 11.1 Å². The van der Waals surface area contributed by atoms with E-state index in [0.717, 1.165) is 13.0 Å². The predicted octanol–water partition coefficient (Wildman–Crippen LogP) is 2.11. The van der Waals surface area contributed by atoms with Gasteiger partial charge >= 0.3 is 0 Å². The van der Waals surface area contributed by atoms with Gasteiger partial charge in [0.1, 0.15) is 0 Å². The molecule has 2 heteroatoms. The molecule has 0 radical (unpaired) electrons. The minimum atomic E-state index is 0.679. The second-order valence-electron chi connectivity index (χ2n) is 3.94. The van der Waals surface area contributed by atoms with Crippen molar-refractivity contribution < 1.29 is 0 Å². The summed E-state index contributed by atoms with van der Waals surface area (Å²) in [6.07, 6.45) is 3.60. The first-order valence-corrected chi connectivity index (χ1v) is 5.36. The van der Waals surface area contributed by atoms with Crippen LogP contribution in [-0.4, -0.2) is 13.6 Å². The van der Waals surface area contributed by atoms with Crippen molar-refractivity contribution in [2.75, 3.05) is 18.9 Å². The molecule has 1 aromatic carbocycles. The lowest BCUT2D eigenvalue weighted by Gasteiger charge is -2.14. The lowest BCUT2D eigenvalue weighted by atomic mass is 9.96. The fourth-order valence-electron chi connectivity index (χ4n) is 2.50. The van der Waals surface area contributed by atoms with Gasteiger partial charge in [0.2, 0.25) is 0 Å². The molecule has 1 unspecified atom stereocenters. The van der Waals surface area contributed by atoms with Crippen LogP contribution in [0.25, 0.3) is 0 Å². The molecule has 1 aliphatic rings. The second-order valence-corrected chi connectivity index (χ2v) is 3.94. The van der Waals surface area contributed by atoms with Crippen molar-refractivity contribution in [2.45, 2.75) is 25.2 Å². The molecule has 0 spiro atoms. The highest BCUT2D eigenvalue weighted by atomic mass is 14.8. The van der Waals surface area contributed by atoms with Gasteiger partial charge in [-0.2, -0.15) is 0 Å². The van der Waals surface area contributed by atoms with Crippen molar-refractivity contribution >= 4 is 5.69 Å². The van der Waals surface area contributed by atoms with Crippen LogP contribution in [0.2, 0.25) is 0 Å². The number of hydrogen-bond donors (Lipinski definition) is 2. The summed E-state index contributed by atoms with van der Waals surface area (Å²) < 4.78 is 0. The van der Waals surface area contributed by atoms with Gasteiger partial charge in [0.15, 0.2) is 0 Å². The van der Waals surface area contributed by atoms with Crippen molar-refractivity contribution in [3.05, 3.63) is 29.3 Å². The molecule has 3 N–H and O–H groups in total. The molecule has 1 atom stereocenters. The van der Waals surface area contributed by atoms with E-state index in [1.165, 1.54) is 29.7 Å². The first-order valence-electron chi connectivity index (χ1n) is 5.36. The zero-order valence-corrected chi connectivity index (χ0v) is 8.72. The molecule has 1 aliphatic carbocycles. The summed E-state index contributed by atoms with van der Waals surface area (Å²) in [4.78, 5) is 0. The molecule has 0 fully saturated rings. The Morgan fingerprint density at radius 1 is 1.50 bits per heavy atom. The van der Waals surface area contributed by atoms with Crippen molar-refractivity contribution in [3.8, 4) is 0 Å². The highest BCUT2D eigenvalue weighted by molar-refractivity contribution is 5.58. The third-order valence-electron chi connectivity index (χ3n) is 3.15. The zero-order chi connectivity index (χ0) is 9.97. The normalized spacial score (nSPS) is 19.4. The van der Waals surface area contributed by atoms with Crippen LogP contribution in [0.1, 0.15) is 29.9 Å². The van der Waals surface area contributed by atoms with Crippen molar-refractivity contribution in [2.24, 2.45) is 5.73 Å². The summed E-state index contributed by atoms with van der Waals surface area (Å²) in [5, 5.41) is 3.27. The zero-order valence-electron chi connectivity index (χ0n) is 8.72. The number of aryl methyl sites for hydroxylation is 1. The van der Waals surface area contributed by atoms with E-state index in [1.54, 1.807) is 0 Å². The minimum absolute atomic E-state index is 0.679. The molecule has 0 saturated heterocycles. The molecule has 0 aromatic heterocycles. The summed E-state index contributed by atoms with van der Waals surface area (Å²) in [6, 6.07) is 6.54. The SMILES string of the molecule is CNc1cccc2c1C(CCN)CC2. The van der Waals surface area contributed by atoms with Crippen LogP contribution in [0.4, 0.5) is 5.69 Å². The summed E-state index contributed by atoms with van der Waals surface area (Å²) in [5.41, 5.74) is 9.95. The fourth-order valence-corrected chi connectivity index (χ4v) is 2.50. The van der Waals surface area contributed by atoms with Gasteiger partial charge in [0, 0.05) is 12.7 Å². The maximum absolute atomic E-state index is 5.64. The third kappa shape index (κ3) is 1.50. The second kappa shape index (κ2) is 4.01. The van der Waals surface area contributed by atoms with Gasteiger partial charge in [-0.25, -0.2) is 0 Å². The molecule has 76 valence electrons. The Morgan fingerprint density at radius 2 is 2.36 bits per heavy atom. The number of hydrogen-bond acceptors (Lipinski definition) is 2. The van der Waals surface area contributed by atoms with Gasteiger partial charge in [-0.05, 0) is 48.9 Å². The summed E-state index contributed by atoms with van der Waals surface area (Å²) in [6.45, 7) is 0.794. The number of fused-ring (bicyclic) bond motifs is 1. The number of nitrogens with one attached hydrogen (secondary N) is 1. The van der Waals surface area contributed by atoms with E-state index in [9.17, 15) is 0 Å². The van der Waals surface area contributed by atoms with Crippen molar-refractivity contribution in [1.82, 2.24) is 0 Å². The first kappa shape index (κ1) is 9.53. The van der Waals surface area contributed by atoms with Gasteiger partial charge in [-0.15, -0.1) is 0 Å². The van der Waals surface area contributed by atoms with Gasteiger partial charge in [0.25, 0.3) is 0 Å². The molecule has 0 aliphatic heterocycles. The Morgan fingerprint density at radius 3 is 3.07 bits per heavy atom. The lowest BCUT2D eigenvalue weighted by molar-refractivity contribution is 0.628. The van der Waals surface area contributed by atoms with Crippen LogP contribution >= 0.6 is 0 Å². The molecular weight excluding hydrogens is 172 g/mol. The molecule has 0 saturated carbocycles. The highest BCUT2D eigenvalue weighted by Crippen LogP contribution is 2.39. The molecule has 2 rings (SSSR count). The largest absolute Gasteiger partial charge is 0.388 e. The van der Waals surface area contributed by atoms with Crippen molar-refractivity contribution in [3.63, 3.8) is 0 Å². The van der Waals surface area contributed by atoms with Gasteiger partial charge in [0.05, 0.1) is 0 Å². The van der Waals surface area contributed by atoms with E-state index < -0.39 is 0 Å². The molecule has 1 aromatic rings. The molecule has 2 nitrogen and oxygen atoms in total. The predicted molar refractivity (Wildman–Crippen MR) is 60.7 cm³/mol. The van der Waals surface area contributed by atoms with E-state index >= 15 is 0 Å². The van der Waals surface area contributed by atoms with Crippen LogP contribution in [0.3, 0.4) is 0 Å². The van der Waals surface area contributed by atoms with E-state index in [1.807, 2.05) is 7.05 Å². The smallest absolute Gasteiger partial charge is 0.0375 e. The van der Waals surface area contributed by atoms with Crippen LogP contribution in [0.15, 0.2) is 18.2 Å². The van der Waals surface area contributed by atoms with Crippen LogP contribution in [0, 0.1) is 0 Å². The topological polar surface area (TPSA) is 38.0 Å². The molecule has 0 amide bonds. The minimum Gasteiger partial charge on any atom is -0.388 e. The maximum Gasteiger partial charge on any atom is 0.0375 e. The standard InChI is InChI=1S/C12H18N2/c1-14-11-4-2-3-9-5-6-10(7-8-13)12(9)11/h2-4,10,14H,5-8,13H2,1H3. The van der Waals surface area contributed by atoms with Crippen LogP contribution in [0.5, 0.6) is 0 Å². The van der Waals surface area contributed by atoms with E-state index in [4.69, 9.17) is 5.73 Å². The van der Waals surface area contributed by atoms with Gasteiger partial charge < -0.3 is 11.1 Å². The summed E-state index contributed by atoms with van der Waals surface area (Å²) in [5.74, 6) is 0.679. The van der Waals surface area contributed by atoms with Gasteiger partial charge in [-0.1, -0.05) is 12.1 Å². The molecule has 0 bridgehead atoms. The Bertz CT molecular complexity index is 318. The number of rotatable bonds is 3. The monoisotopic (exact) mass is 190 g/mol. The Hall–Kier alpha value is -1.02. The first-order chi connectivity index (χ1) is 6.86. The van der Waals surface area contributed by atoms with E-state index in [2.05, 4.69) is 23.5 Å². The molecular formula is C12H18N2. The number of nitrogens with two attached hydrogens (primary N) is 1. The van der Waals surface area contributed by atoms with Crippen LogP contribution in [-0.2, 0) is 6.42 Å². The Balaban J connectivity index is 2.35. The third-order valence-corrected chi connectivity index (χ3v) is 3.15. The summed E-state index contributed by atoms with van der Waals surface area (Å²) in [7, 11) is 1.99. The summed E-state index contributed by atoms with van der Waals surface area (Å²) >= 11 is 0. The quantitative estimate of drug-likeness (QED) is 0.766. The maximum atomic E-state index is 5.64. The molecule has 14 heavy (non-hydrogen) atoms. The average molecular weight is 190 g/mol. The fraction of sp³-hybridized carbons (Fsp3) is 0.500. The number of benzene rings is 1. The molecule has 0 heterocycles. The van der Waals surface area contributed by atoms with E-state index in [0.29, 0.717) is 5.92 Å². The van der Waals surface area contributed by atoms with E-state index in [-0.39, 0.29) is 0 Å². The Labute approximate surface area is 85.5 Å². The Kier molecular flexibility index (Phi) is 2.73. The van der Waals surface area contributed by atoms with Crippen molar-refractivity contribution in [1.29, 1.82) is 0 Å². The van der Waals surface area contributed by atoms with Gasteiger partial charge in [-0.3, -0.25) is 0 Å². The average Bonchev–Trinajstić information content (AvgIpc) is 2.62. The lowest BCUT2D eigenvalue weighted by Crippen LogP contribution is -2.06. The highest BCUT2D eigenvalue weighted by Gasteiger charge is 2.23.